The Balaban J connectivity index is 1.89. The highest BCUT2D eigenvalue weighted by atomic mass is 79.9. The van der Waals surface area contributed by atoms with Gasteiger partial charge in [0.25, 0.3) is 0 Å². The van der Waals surface area contributed by atoms with Crippen LogP contribution in [0.4, 0.5) is 14.3 Å². The first-order valence-corrected chi connectivity index (χ1v) is 10.2. The number of aromatic nitrogens is 1. The highest BCUT2D eigenvalue weighted by Gasteiger charge is 2.18. The van der Waals surface area contributed by atoms with Crippen molar-refractivity contribution in [1.29, 1.82) is 0 Å². The lowest BCUT2D eigenvalue weighted by atomic mass is 9.96. The number of thiazole rings is 1. The Bertz CT molecular complexity index is 1210. The van der Waals surface area contributed by atoms with Crippen molar-refractivity contribution in [2.24, 2.45) is 0 Å². The maximum Gasteiger partial charge on any atom is 0.410 e. The summed E-state index contributed by atoms with van der Waals surface area (Å²) < 4.78 is 14.8. The van der Waals surface area contributed by atoms with E-state index in [0.717, 1.165) is 20.3 Å². The fourth-order valence-corrected chi connectivity index (χ4v) is 4.40. The minimum atomic E-state index is -1.19. The van der Waals surface area contributed by atoms with Crippen molar-refractivity contribution in [1.82, 2.24) is 4.98 Å². The maximum absolute atomic E-state index is 13.2. The number of anilines is 1. The van der Waals surface area contributed by atoms with Crippen LogP contribution in [0.3, 0.4) is 0 Å². The number of amides is 1. The minimum absolute atomic E-state index is 0.247. The molecule has 5 nitrogen and oxygen atoms in total. The zero-order valence-electron chi connectivity index (χ0n) is 14.8. The Kier molecular flexibility index (Phi) is 5.31. The van der Waals surface area contributed by atoms with Gasteiger partial charge >= 0.3 is 6.09 Å². The molecule has 0 saturated carbocycles. The summed E-state index contributed by atoms with van der Waals surface area (Å²) in [6.07, 6.45) is -2.16. The van der Waals surface area contributed by atoms with Crippen molar-refractivity contribution >= 4 is 48.7 Å². The third-order valence-corrected chi connectivity index (χ3v) is 5.78. The van der Waals surface area contributed by atoms with Gasteiger partial charge in [0.05, 0.1) is 10.2 Å². The van der Waals surface area contributed by atoms with Crippen molar-refractivity contribution in [2.75, 3.05) is 5.32 Å². The molecular weight excluding hydrogens is 459 g/mol. The Hall–Kier alpha value is -2.81. The second-order valence-electron chi connectivity index (χ2n) is 6.33. The summed E-state index contributed by atoms with van der Waals surface area (Å²) in [6.45, 7) is 0. The average molecular weight is 473 g/mol. The number of aliphatic hydroxyl groups excluding tert-OH is 1. The number of carbonyl (C=O) groups is 1. The molecule has 1 unspecified atom stereocenters. The predicted molar refractivity (Wildman–Crippen MR) is 115 cm³/mol. The molecule has 4 aromatic rings. The van der Waals surface area contributed by atoms with Crippen molar-refractivity contribution in [3.05, 3.63) is 82.1 Å². The molecule has 0 spiro atoms. The van der Waals surface area contributed by atoms with Crippen LogP contribution in [0.2, 0.25) is 0 Å². The number of hydrogen-bond acceptors (Lipinski definition) is 4. The average Bonchev–Trinajstić information content (AvgIpc) is 3.08. The number of rotatable bonds is 4. The molecule has 1 aromatic heterocycles. The Morgan fingerprint density at radius 3 is 2.55 bits per heavy atom. The molecule has 3 aromatic carbocycles. The van der Waals surface area contributed by atoms with Gasteiger partial charge in [-0.25, -0.2) is 14.2 Å². The van der Waals surface area contributed by atoms with Crippen molar-refractivity contribution < 1.29 is 19.4 Å². The highest BCUT2D eigenvalue weighted by Crippen LogP contribution is 2.38. The van der Waals surface area contributed by atoms with Crippen molar-refractivity contribution in [3.63, 3.8) is 0 Å². The van der Waals surface area contributed by atoms with Gasteiger partial charge in [0.15, 0.2) is 5.13 Å². The molecule has 4 rings (SSSR count). The summed E-state index contributed by atoms with van der Waals surface area (Å²) in [7, 11) is 0. The smallest absolute Gasteiger partial charge is 0.410 e. The zero-order valence-corrected chi connectivity index (χ0v) is 17.2. The predicted octanol–water partition coefficient (Wildman–Crippen LogP) is 6.04. The van der Waals surface area contributed by atoms with Crippen LogP contribution in [0.15, 0.2) is 65.1 Å². The third-order valence-electron chi connectivity index (χ3n) is 4.37. The van der Waals surface area contributed by atoms with Crippen LogP contribution in [0.1, 0.15) is 17.2 Å². The van der Waals surface area contributed by atoms with Gasteiger partial charge in [-0.15, -0.1) is 0 Å². The first kappa shape index (κ1) is 19.5. The first-order chi connectivity index (χ1) is 13.9. The van der Waals surface area contributed by atoms with E-state index in [1.165, 1.54) is 35.6 Å². The summed E-state index contributed by atoms with van der Waals surface area (Å²) in [5.41, 5.74) is 3.41. The summed E-state index contributed by atoms with van der Waals surface area (Å²) in [6, 6.07) is 16.9. The van der Waals surface area contributed by atoms with Gasteiger partial charge in [0, 0.05) is 10.0 Å². The van der Waals surface area contributed by atoms with Gasteiger partial charge in [-0.1, -0.05) is 51.5 Å². The van der Waals surface area contributed by atoms with Crippen molar-refractivity contribution in [2.45, 2.75) is 6.10 Å². The van der Waals surface area contributed by atoms with Crippen LogP contribution < -0.4 is 5.32 Å². The van der Waals surface area contributed by atoms with Crippen LogP contribution in [-0.2, 0) is 0 Å². The number of nitrogens with one attached hydrogen (secondary N) is 1. The van der Waals surface area contributed by atoms with E-state index in [9.17, 15) is 14.3 Å². The fraction of sp³-hybridized carbons (Fsp3) is 0.0476. The molecule has 0 saturated heterocycles. The zero-order chi connectivity index (χ0) is 20.5. The molecule has 0 aliphatic rings. The SMILES string of the molecule is O=C(O)Nc1nc2c(-c3cccc(Br)c3)cc(C(O)c3ccc(F)cc3)cc2s1. The normalized spacial score (nSPS) is 12.1. The largest absolute Gasteiger partial charge is 0.465 e. The molecule has 0 radical (unpaired) electrons. The number of benzene rings is 3. The second-order valence-corrected chi connectivity index (χ2v) is 8.28. The van der Waals surface area contributed by atoms with Gasteiger partial charge in [-0.05, 0) is 53.1 Å². The topological polar surface area (TPSA) is 82.5 Å². The van der Waals surface area contributed by atoms with Gasteiger partial charge < -0.3 is 10.2 Å². The lowest BCUT2D eigenvalue weighted by Gasteiger charge is -2.14. The molecule has 29 heavy (non-hydrogen) atoms. The number of halogens is 2. The molecule has 0 bridgehead atoms. The Morgan fingerprint density at radius 2 is 1.86 bits per heavy atom. The van der Waals surface area contributed by atoms with E-state index in [0.29, 0.717) is 16.6 Å². The summed E-state index contributed by atoms with van der Waals surface area (Å²) in [4.78, 5) is 15.4. The molecule has 1 amide bonds. The van der Waals surface area contributed by atoms with Gasteiger partial charge in [0.1, 0.15) is 11.9 Å². The number of nitrogens with zero attached hydrogens (tertiary/aromatic N) is 1. The summed E-state index contributed by atoms with van der Waals surface area (Å²) >= 11 is 4.64. The van der Waals surface area contributed by atoms with E-state index >= 15 is 0 Å². The number of fused-ring (bicyclic) bond motifs is 1. The van der Waals surface area contributed by atoms with Gasteiger partial charge in [-0.3, -0.25) is 5.32 Å². The van der Waals surface area contributed by atoms with E-state index < -0.39 is 12.2 Å². The molecule has 0 aliphatic carbocycles. The molecule has 1 atom stereocenters. The summed E-state index contributed by atoms with van der Waals surface area (Å²) in [5, 5.41) is 22.4. The van der Waals surface area contributed by atoms with E-state index in [2.05, 4.69) is 26.2 Å². The monoisotopic (exact) mass is 472 g/mol. The van der Waals surface area contributed by atoms with E-state index in [4.69, 9.17) is 5.11 Å². The van der Waals surface area contributed by atoms with Crippen LogP contribution in [0.5, 0.6) is 0 Å². The fourth-order valence-electron chi connectivity index (χ4n) is 3.07. The number of carboxylic acid groups (broad SMARTS) is 1. The lowest BCUT2D eigenvalue weighted by Crippen LogP contribution is -2.06. The summed E-state index contributed by atoms with van der Waals surface area (Å²) in [5.74, 6) is -0.377. The number of aliphatic hydroxyl groups is 1. The molecule has 146 valence electrons. The molecule has 0 fully saturated rings. The van der Waals surface area contributed by atoms with E-state index in [1.54, 1.807) is 6.07 Å². The minimum Gasteiger partial charge on any atom is -0.465 e. The molecule has 1 heterocycles. The Labute approximate surface area is 177 Å². The standard InChI is InChI=1S/C21H14BrFN2O3S/c22-14-3-1-2-12(8-14)16-9-13(19(26)11-4-6-15(23)7-5-11)10-17-18(16)24-20(29-17)25-21(27)28/h1-10,19,26H,(H,24,25)(H,27,28). The van der Waals surface area contributed by atoms with Gasteiger partial charge in [-0.2, -0.15) is 0 Å². The molecule has 3 N–H and O–H groups in total. The van der Waals surface area contributed by atoms with Crippen LogP contribution in [0, 0.1) is 5.82 Å². The molecule has 0 aliphatic heterocycles. The molecule has 8 heteroatoms. The van der Waals surface area contributed by atoms with Crippen LogP contribution in [-0.4, -0.2) is 21.3 Å². The maximum atomic E-state index is 13.2. The third kappa shape index (κ3) is 4.14. The van der Waals surface area contributed by atoms with E-state index in [1.807, 2.05) is 30.3 Å². The van der Waals surface area contributed by atoms with Crippen LogP contribution >= 0.6 is 27.3 Å². The lowest BCUT2D eigenvalue weighted by molar-refractivity contribution is 0.209. The Morgan fingerprint density at radius 1 is 1.10 bits per heavy atom. The van der Waals surface area contributed by atoms with Crippen LogP contribution in [0.25, 0.3) is 21.3 Å². The van der Waals surface area contributed by atoms with E-state index in [-0.39, 0.29) is 10.9 Å². The highest BCUT2D eigenvalue weighted by molar-refractivity contribution is 9.10. The second kappa shape index (κ2) is 7.90. The van der Waals surface area contributed by atoms with Crippen molar-refractivity contribution in [3.8, 4) is 11.1 Å². The van der Waals surface area contributed by atoms with Gasteiger partial charge in [0.2, 0.25) is 0 Å². The first-order valence-electron chi connectivity index (χ1n) is 8.54. The number of hydrogen-bond donors (Lipinski definition) is 3. The molecular formula is C21H14BrFN2O3S. The quantitative estimate of drug-likeness (QED) is 0.338.